The molecule has 140 valence electrons. The van der Waals surface area contributed by atoms with Gasteiger partial charge in [0.05, 0.1) is 0 Å². The van der Waals surface area contributed by atoms with E-state index in [2.05, 4.69) is 5.32 Å². The van der Waals surface area contributed by atoms with Gasteiger partial charge in [-0.1, -0.05) is 24.3 Å². The topological polar surface area (TPSA) is 98.7 Å². The molecule has 0 radical (unpaired) electrons. The summed E-state index contributed by atoms with van der Waals surface area (Å²) in [5, 5.41) is 13.4. The van der Waals surface area contributed by atoms with E-state index in [1.807, 2.05) is 0 Å². The van der Waals surface area contributed by atoms with Crippen LogP contribution < -0.4 is 10.6 Å². The van der Waals surface area contributed by atoms with E-state index < -0.39 is 12.0 Å². The Morgan fingerprint density at radius 2 is 1.96 bits per heavy atom. The van der Waals surface area contributed by atoms with Crippen LogP contribution in [0.25, 0.3) is 0 Å². The third-order valence-corrected chi connectivity index (χ3v) is 4.36. The van der Waals surface area contributed by atoms with Gasteiger partial charge in [0, 0.05) is 35.5 Å². The van der Waals surface area contributed by atoms with Crippen molar-refractivity contribution in [1.82, 2.24) is 10.2 Å². The molecule has 1 heterocycles. The molecule has 0 aromatic heterocycles. The monoisotopic (exact) mass is 371 g/mol. The van der Waals surface area contributed by atoms with Gasteiger partial charge in [-0.2, -0.15) is 0 Å². The van der Waals surface area contributed by atoms with Crippen molar-refractivity contribution >= 4 is 23.6 Å². The Bertz CT molecular complexity index is 929. The van der Waals surface area contributed by atoms with Gasteiger partial charge in [0.1, 0.15) is 12.4 Å². The SMILES string of the molecule is Cc1cccc(CNc2cccc3c2CN(CC(=O)NC(=O)O)C3=O)c1F. The maximum Gasteiger partial charge on any atom is 0.411 e. The van der Waals surface area contributed by atoms with Crippen LogP contribution >= 0.6 is 0 Å². The molecule has 3 rings (SSSR count). The lowest BCUT2D eigenvalue weighted by atomic mass is 10.1. The summed E-state index contributed by atoms with van der Waals surface area (Å²) in [5.74, 6) is -1.41. The van der Waals surface area contributed by atoms with E-state index in [1.54, 1.807) is 48.6 Å². The first-order valence-electron chi connectivity index (χ1n) is 8.28. The van der Waals surface area contributed by atoms with Crippen LogP contribution in [0.2, 0.25) is 0 Å². The summed E-state index contributed by atoms with van der Waals surface area (Å²) in [6, 6.07) is 10.3. The minimum atomic E-state index is -1.47. The second-order valence-electron chi connectivity index (χ2n) is 6.25. The van der Waals surface area contributed by atoms with Crippen molar-refractivity contribution in [2.45, 2.75) is 20.0 Å². The number of halogens is 1. The Morgan fingerprint density at radius 3 is 2.70 bits per heavy atom. The predicted molar refractivity (Wildman–Crippen MR) is 95.8 cm³/mol. The van der Waals surface area contributed by atoms with E-state index in [-0.39, 0.29) is 31.4 Å². The van der Waals surface area contributed by atoms with Crippen LogP contribution in [-0.2, 0) is 17.9 Å². The van der Waals surface area contributed by atoms with E-state index in [0.717, 1.165) is 0 Å². The van der Waals surface area contributed by atoms with Gasteiger partial charge >= 0.3 is 6.09 Å². The molecule has 2 aromatic carbocycles. The quantitative estimate of drug-likeness (QED) is 0.750. The van der Waals surface area contributed by atoms with Crippen LogP contribution in [-0.4, -0.2) is 34.5 Å². The first kappa shape index (κ1) is 18.4. The molecule has 0 atom stereocenters. The number of imide groups is 1. The second-order valence-corrected chi connectivity index (χ2v) is 6.25. The van der Waals surface area contributed by atoms with Gasteiger partial charge < -0.3 is 15.3 Å². The summed E-state index contributed by atoms with van der Waals surface area (Å²) in [4.78, 5) is 35.9. The molecule has 27 heavy (non-hydrogen) atoms. The Kier molecular flexibility index (Phi) is 5.07. The van der Waals surface area contributed by atoms with Crippen molar-refractivity contribution in [3.05, 3.63) is 64.5 Å². The fourth-order valence-electron chi connectivity index (χ4n) is 3.05. The van der Waals surface area contributed by atoms with E-state index in [0.29, 0.717) is 27.9 Å². The van der Waals surface area contributed by atoms with Crippen molar-refractivity contribution < 1.29 is 23.9 Å². The molecule has 3 amide bonds. The van der Waals surface area contributed by atoms with Crippen LogP contribution in [0.5, 0.6) is 0 Å². The maximum atomic E-state index is 14.2. The largest absolute Gasteiger partial charge is 0.465 e. The normalized spacial score (nSPS) is 12.7. The van der Waals surface area contributed by atoms with E-state index in [4.69, 9.17) is 5.11 Å². The number of fused-ring (bicyclic) bond motifs is 1. The molecule has 0 saturated heterocycles. The highest BCUT2D eigenvalue weighted by Crippen LogP contribution is 2.29. The van der Waals surface area contributed by atoms with Crippen molar-refractivity contribution in [2.75, 3.05) is 11.9 Å². The van der Waals surface area contributed by atoms with Gasteiger partial charge in [-0.3, -0.25) is 14.9 Å². The zero-order valence-corrected chi connectivity index (χ0v) is 14.6. The van der Waals surface area contributed by atoms with Crippen LogP contribution in [0.3, 0.4) is 0 Å². The molecule has 0 saturated carbocycles. The number of nitrogens with one attached hydrogen (secondary N) is 2. The highest BCUT2D eigenvalue weighted by Gasteiger charge is 2.30. The van der Waals surface area contributed by atoms with Gasteiger partial charge in [0.15, 0.2) is 0 Å². The van der Waals surface area contributed by atoms with E-state index in [1.165, 1.54) is 4.90 Å². The summed E-state index contributed by atoms with van der Waals surface area (Å²) < 4.78 is 14.2. The molecule has 1 aliphatic heterocycles. The van der Waals surface area contributed by atoms with Gasteiger partial charge in [0.2, 0.25) is 5.91 Å². The number of hydrogen-bond donors (Lipinski definition) is 3. The van der Waals surface area contributed by atoms with Gasteiger partial charge in [-0.05, 0) is 24.6 Å². The number of hydrogen-bond acceptors (Lipinski definition) is 4. The zero-order chi connectivity index (χ0) is 19.6. The first-order valence-corrected chi connectivity index (χ1v) is 8.28. The minimum absolute atomic E-state index is 0.167. The Hall–Kier alpha value is -3.42. The Labute approximate surface area is 154 Å². The molecule has 0 fully saturated rings. The van der Waals surface area contributed by atoms with Gasteiger partial charge in [0.25, 0.3) is 5.91 Å². The van der Waals surface area contributed by atoms with Crippen molar-refractivity contribution in [2.24, 2.45) is 0 Å². The number of benzene rings is 2. The number of carbonyl (C=O) groups is 3. The molecule has 7 nitrogen and oxygen atoms in total. The molecule has 0 aliphatic carbocycles. The molecule has 2 aromatic rings. The maximum absolute atomic E-state index is 14.2. The van der Waals surface area contributed by atoms with Crippen LogP contribution in [0, 0.1) is 12.7 Å². The highest BCUT2D eigenvalue weighted by molar-refractivity contribution is 6.02. The molecular formula is C19H18FN3O4. The standard InChI is InChI=1S/C19H18FN3O4/c1-11-4-2-5-12(17(11)20)8-21-15-7-3-6-13-14(15)9-23(18(13)25)10-16(24)22-19(26)27/h2-7,21H,8-10H2,1H3,(H,22,24)(H,26,27). The average Bonchev–Trinajstić information content (AvgIpc) is 2.92. The average molecular weight is 371 g/mol. The predicted octanol–water partition coefficient (Wildman–Crippen LogP) is 2.50. The lowest BCUT2D eigenvalue weighted by Gasteiger charge is -2.15. The molecule has 0 unspecified atom stereocenters. The smallest absolute Gasteiger partial charge is 0.411 e. The Balaban J connectivity index is 1.75. The molecule has 3 N–H and O–H groups in total. The van der Waals surface area contributed by atoms with Crippen LogP contribution in [0.4, 0.5) is 14.9 Å². The summed E-state index contributed by atoms with van der Waals surface area (Å²) in [7, 11) is 0. The van der Waals surface area contributed by atoms with Gasteiger partial charge in [-0.15, -0.1) is 0 Å². The molecule has 1 aliphatic rings. The lowest BCUT2D eigenvalue weighted by Crippen LogP contribution is -2.39. The summed E-state index contributed by atoms with van der Waals surface area (Å²) in [5.41, 5.74) is 2.86. The number of aryl methyl sites for hydroxylation is 1. The number of carbonyl (C=O) groups excluding carboxylic acids is 2. The molecule has 8 heteroatoms. The van der Waals surface area contributed by atoms with E-state index >= 15 is 0 Å². The second kappa shape index (κ2) is 7.45. The van der Waals surface area contributed by atoms with E-state index in [9.17, 15) is 18.8 Å². The number of anilines is 1. The number of amides is 3. The van der Waals surface area contributed by atoms with Crippen molar-refractivity contribution in [1.29, 1.82) is 0 Å². The lowest BCUT2D eigenvalue weighted by molar-refractivity contribution is -0.121. The summed E-state index contributed by atoms with van der Waals surface area (Å²) in [6.07, 6.45) is -1.47. The third kappa shape index (κ3) is 3.89. The zero-order valence-electron chi connectivity index (χ0n) is 14.6. The number of rotatable bonds is 5. The molecule has 0 spiro atoms. The highest BCUT2D eigenvalue weighted by atomic mass is 19.1. The number of carboxylic acid groups (broad SMARTS) is 1. The van der Waals surface area contributed by atoms with Gasteiger partial charge in [-0.25, -0.2) is 9.18 Å². The third-order valence-electron chi connectivity index (χ3n) is 4.36. The number of nitrogens with zero attached hydrogens (tertiary/aromatic N) is 1. The summed E-state index contributed by atoms with van der Waals surface area (Å²) in [6.45, 7) is 1.75. The van der Waals surface area contributed by atoms with Crippen molar-refractivity contribution in [3.63, 3.8) is 0 Å². The Morgan fingerprint density at radius 1 is 1.22 bits per heavy atom. The summed E-state index contributed by atoms with van der Waals surface area (Å²) >= 11 is 0. The molecular weight excluding hydrogens is 353 g/mol. The van der Waals surface area contributed by atoms with Crippen LogP contribution in [0.1, 0.15) is 27.0 Å². The first-order chi connectivity index (χ1) is 12.9. The van der Waals surface area contributed by atoms with Crippen LogP contribution in [0.15, 0.2) is 36.4 Å². The fraction of sp³-hybridized carbons (Fsp3) is 0.211. The fourth-order valence-corrected chi connectivity index (χ4v) is 3.05. The molecule has 0 bridgehead atoms. The van der Waals surface area contributed by atoms with Crippen molar-refractivity contribution in [3.8, 4) is 0 Å². The minimum Gasteiger partial charge on any atom is -0.465 e.